The number of hydrogen-bond acceptors (Lipinski definition) is 4. The minimum Gasteiger partial charge on any atom is -0.491 e. The summed E-state index contributed by atoms with van der Waals surface area (Å²) in [6, 6.07) is 19.6. The summed E-state index contributed by atoms with van der Waals surface area (Å²) in [6.45, 7) is 7.22. The van der Waals surface area contributed by atoms with E-state index in [0.717, 1.165) is 29.7 Å². The van der Waals surface area contributed by atoms with E-state index in [1.807, 2.05) is 73.3 Å². The molecule has 184 valence electrons. The van der Waals surface area contributed by atoms with Gasteiger partial charge in [0.25, 0.3) is 0 Å². The van der Waals surface area contributed by atoms with Crippen LogP contribution >= 0.6 is 11.3 Å². The van der Waals surface area contributed by atoms with E-state index in [2.05, 4.69) is 18.4 Å². The van der Waals surface area contributed by atoms with Gasteiger partial charge in [-0.15, -0.1) is 11.3 Å². The van der Waals surface area contributed by atoms with Gasteiger partial charge >= 0.3 is 0 Å². The van der Waals surface area contributed by atoms with E-state index in [1.165, 1.54) is 10.4 Å². The third-order valence-corrected chi connectivity index (χ3v) is 7.79. The highest BCUT2D eigenvalue weighted by atomic mass is 32.1. The van der Waals surface area contributed by atoms with Crippen LogP contribution in [0, 0.1) is 6.92 Å². The lowest BCUT2D eigenvalue weighted by Crippen LogP contribution is -2.50. The van der Waals surface area contributed by atoms with Gasteiger partial charge in [0.05, 0.1) is 12.5 Å². The van der Waals surface area contributed by atoms with Gasteiger partial charge in [-0.05, 0) is 61.4 Å². The maximum absolute atomic E-state index is 13.7. The molecule has 3 aromatic rings. The van der Waals surface area contributed by atoms with Crippen molar-refractivity contribution >= 4 is 23.2 Å². The van der Waals surface area contributed by atoms with Gasteiger partial charge in [-0.1, -0.05) is 55.0 Å². The Bertz CT molecular complexity index is 1130. The van der Waals surface area contributed by atoms with Crippen molar-refractivity contribution in [2.75, 3.05) is 19.7 Å². The number of carbonyl (C=O) groups is 2. The average molecular weight is 491 g/mol. The van der Waals surface area contributed by atoms with Crippen molar-refractivity contribution in [2.45, 2.75) is 52.1 Å². The summed E-state index contributed by atoms with van der Waals surface area (Å²) in [7, 11) is 0. The van der Waals surface area contributed by atoms with Crippen molar-refractivity contribution in [1.29, 1.82) is 0 Å². The third kappa shape index (κ3) is 6.12. The molecule has 2 aromatic carbocycles. The Balaban J connectivity index is 1.50. The van der Waals surface area contributed by atoms with Gasteiger partial charge in [0.15, 0.2) is 0 Å². The zero-order valence-corrected chi connectivity index (χ0v) is 21.6. The Kier molecular flexibility index (Phi) is 8.24. The van der Waals surface area contributed by atoms with E-state index in [-0.39, 0.29) is 30.4 Å². The number of amides is 2. The number of rotatable bonds is 9. The number of hydrogen-bond donors (Lipinski definition) is 0. The highest BCUT2D eigenvalue weighted by molar-refractivity contribution is 7.10. The summed E-state index contributed by atoms with van der Waals surface area (Å²) in [5.74, 6) is 0.755. The minimum absolute atomic E-state index is 0.0143. The van der Waals surface area contributed by atoms with Crippen molar-refractivity contribution in [3.63, 3.8) is 0 Å². The molecule has 0 unspecified atom stereocenters. The van der Waals surface area contributed by atoms with Gasteiger partial charge in [-0.25, -0.2) is 0 Å². The van der Waals surface area contributed by atoms with Crippen molar-refractivity contribution in [1.82, 2.24) is 9.80 Å². The molecule has 1 aliphatic rings. The summed E-state index contributed by atoms with van der Waals surface area (Å²) in [5, 5.41) is 2.09. The lowest BCUT2D eigenvalue weighted by atomic mass is 10.00. The molecule has 0 radical (unpaired) electrons. The molecule has 0 fully saturated rings. The van der Waals surface area contributed by atoms with Gasteiger partial charge in [-0.2, -0.15) is 0 Å². The maximum Gasteiger partial charge on any atom is 0.242 e. The van der Waals surface area contributed by atoms with Crippen LogP contribution in [-0.4, -0.2) is 47.4 Å². The SMILES string of the molecule is CC[C@H](C)N(CC(=O)N1CCc2sccc2[C@H]1COc1ccc(C)cc1)C(=O)Cc1ccccc1. The van der Waals surface area contributed by atoms with Gasteiger partial charge in [0.2, 0.25) is 11.8 Å². The summed E-state index contributed by atoms with van der Waals surface area (Å²) in [5.41, 5.74) is 3.30. The van der Waals surface area contributed by atoms with Crippen LogP contribution in [0.5, 0.6) is 5.75 Å². The van der Waals surface area contributed by atoms with Crippen LogP contribution in [0.25, 0.3) is 0 Å². The second-order valence-corrected chi connectivity index (χ2v) is 10.2. The zero-order valence-electron chi connectivity index (χ0n) is 20.8. The second kappa shape index (κ2) is 11.5. The molecular formula is C29H34N2O3S. The number of benzene rings is 2. The van der Waals surface area contributed by atoms with Crippen LogP contribution in [0.2, 0.25) is 0 Å². The Morgan fingerprint density at radius 1 is 1.11 bits per heavy atom. The zero-order chi connectivity index (χ0) is 24.8. The Morgan fingerprint density at radius 2 is 1.86 bits per heavy atom. The third-order valence-electron chi connectivity index (χ3n) is 6.79. The van der Waals surface area contributed by atoms with Gasteiger partial charge in [0.1, 0.15) is 18.9 Å². The number of nitrogens with zero attached hydrogens (tertiary/aromatic N) is 2. The molecule has 2 atom stereocenters. The number of aryl methyl sites for hydroxylation is 1. The number of thiophene rings is 1. The fourth-order valence-corrected chi connectivity index (χ4v) is 5.43. The lowest BCUT2D eigenvalue weighted by molar-refractivity contribution is -0.144. The summed E-state index contributed by atoms with van der Waals surface area (Å²) >= 11 is 1.74. The molecule has 6 heteroatoms. The lowest BCUT2D eigenvalue weighted by Gasteiger charge is -2.38. The predicted octanol–water partition coefficient (Wildman–Crippen LogP) is 5.43. The van der Waals surface area contributed by atoms with E-state index in [9.17, 15) is 9.59 Å². The van der Waals surface area contributed by atoms with E-state index in [4.69, 9.17) is 4.74 Å². The molecule has 0 saturated carbocycles. The van der Waals surface area contributed by atoms with Crippen molar-refractivity contribution in [2.24, 2.45) is 0 Å². The molecule has 1 aliphatic heterocycles. The molecule has 5 nitrogen and oxygen atoms in total. The fraction of sp³-hybridized carbons (Fsp3) is 0.379. The Labute approximate surface area is 212 Å². The van der Waals surface area contributed by atoms with Crippen LogP contribution < -0.4 is 4.74 Å². The van der Waals surface area contributed by atoms with Crippen LogP contribution in [0.3, 0.4) is 0 Å². The minimum atomic E-state index is -0.165. The summed E-state index contributed by atoms with van der Waals surface area (Å²) < 4.78 is 6.14. The molecule has 1 aromatic heterocycles. The number of fused-ring (bicyclic) bond motifs is 1. The van der Waals surface area contributed by atoms with Crippen molar-refractivity contribution < 1.29 is 14.3 Å². The smallest absolute Gasteiger partial charge is 0.242 e. The molecule has 0 spiro atoms. The van der Waals surface area contributed by atoms with Crippen molar-refractivity contribution in [3.05, 3.63) is 87.6 Å². The Morgan fingerprint density at radius 3 is 2.57 bits per heavy atom. The van der Waals surface area contributed by atoms with E-state index >= 15 is 0 Å². The van der Waals surface area contributed by atoms with Crippen LogP contribution in [-0.2, 0) is 22.4 Å². The number of ether oxygens (including phenoxy) is 1. The van der Waals surface area contributed by atoms with E-state index in [1.54, 1.807) is 16.2 Å². The average Bonchev–Trinajstić information content (AvgIpc) is 3.36. The number of carbonyl (C=O) groups excluding carboxylic acids is 2. The largest absolute Gasteiger partial charge is 0.491 e. The molecule has 0 N–H and O–H groups in total. The first kappa shape index (κ1) is 25.0. The first-order valence-electron chi connectivity index (χ1n) is 12.3. The predicted molar refractivity (Wildman–Crippen MR) is 141 cm³/mol. The molecule has 4 rings (SSSR count). The Hall–Kier alpha value is -3.12. The second-order valence-electron chi connectivity index (χ2n) is 9.22. The molecule has 35 heavy (non-hydrogen) atoms. The molecule has 0 saturated heterocycles. The summed E-state index contributed by atoms with van der Waals surface area (Å²) in [4.78, 5) is 31.9. The van der Waals surface area contributed by atoms with Gasteiger partial charge in [0, 0.05) is 17.5 Å². The quantitative estimate of drug-likeness (QED) is 0.402. The molecule has 2 heterocycles. The van der Waals surface area contributed by atoms with Crippen molar-refractivity contribution in [3.8, 4) is 5.75 Å². The fourth-order valence-electron chi connectivity index (χ4n) is 4.50. The van der Waals surface area contributed by atoms with Crippen LogP contribution in [0.1, 0.15) is 47.9 Å². The van der Waals surface area contributed by atoms with Gasteiger partial charge in [-0.3, -0.25) is 9.59 Å². The maximum atomic E-state index is 13.7. The van der Waals surface area contributed by atoms with E-state index in [0.29, 0.717) is 19.6 Å². The van der Waals surface area contributed by atoms with E-state index < -0.39 is 0 Å². The molecule has 2 amide bonds. The first-order valence-corrected chi connectivity index (χ1v) is 13.2. The normalized spacial score (nSPS) is 15.9. The highest BCUT2D eigenvalue weighted by Crippen LogP contribution is 2.34. The van der Waals surface area contributed by atoms with Crippen LogP contribution in [0.15, 0.2) is 66.0 Å². The molecular weight excluding hydrogens is 456 g/mol. The highest BCUT2D eigenvalue weighted by Gasteiger charge is 2.34. The monoisotopic (exact) mass is 490 g/mol. The topological polar surface area (TPSA) is 49.9 Å². The molecule has 0 bridgehead atoms. The molecule has 0 aliphatic carbocycles. The van der Waals surface area contributed by atoms with Crippen LogP contribution in [0.4, 0.5) is 0 Å². The summed E-state index contributed by atoms with van der Waals surface area (Å²) in [6.07, 6.45) is 1.93. The van der Waals surface area contributed by atoms with Gasteiger partial charge < -0.3 is 14.5 Å². The standard InChI is InChI=1S/C29H34N2O3S/c1-4-22(3)31(28(32)18-23-8-6-5-7-9-23)19-29(33)30-16-14-27-25(15-17-35-27)26(30)20-34-24-12-10-21(2)11-13-24/h5-13,15,17,22,26H,4,14,16,18-20H2,1-3H3/t22-,26+/m0/s1. The first-order chi connectivity index (χ1) is 17.0.